The van der Waals surface area contributed by atoms with Crippen molar-refractivity contribution in [1.29, 1.82) is 0 Å². The molecule has 1 aliphatic carbocycles. The Morgan fingerprint density at radius 1 is 1.47 bits per heavy atom. The summed E-state index contributed by atoms with van der Waals surface area (Å²) in [7, 11) is 0. The summed E-state index contributed by atoms with van der Waals surface area (Å²) < 4.78 is 0. The Labute approximate surface area is 91.6 Å². The van der Waals surface area contributed by atoms with E-state index in [0.29, 0.717) is 12.5 Å². The van der Waals surface area contributed by atoms with E-state index in [4.69, 9.17) is 0 Å². The highest BCUT2D eigenvalue weighted by molar-refractivity contribution is 5.79. The van der Waals surface area contributed by atoms with Crippen molar-refractivity contribution in [2.45, 2.75) is 26.3 Å². The number of carbonyl (C=O) groups is 1. The van der Waals surface area contributed by atoms with Crippen LogP contribution in [0.3, 0.4) is 0 Å². The Balaban J connectivity index is 2.52. The molecule has 0 radical (unpaired) electrons. The fourth-order valence-electron chi connectivity index (χ4n) is 1.58. The molecule has 1 aliphatic rings. The van der Waals surface area contributed by atoms with Gasteiger partial charge >= 0.3 is 0 Å². The third kappa shape index (κ3) is 3.20. The van der Waals surface area contributed by atoms with Gasteiger partial charge in [-0.3, -0.25) is 4.79 Å². The summed E-state index contributed by atoms with van der Waals surface area (Å²) >= 11 is 0. The van der Waals surface area contributed by atoms with E-state index in [9.17, 15) is 4.79 Å². The standard InChI is InChI=1S/C12H20N2O/c1-4-13-9-11(15)14-12(3)8-6-5-7-10(12)2/h5-8,10,13H,4,9H2,1-3H3,(H,14,15). The molecule has 2 unspecified atom stereocenters. The minimum atomic E-state index is -0.249. The number of hydrogen-bond acceptors (Lipinski definition) is 2. The normalized spacial score (nSPS) is 29.1. The first-order valence-electron chi connectivity index (χ1n) is 5.46. The molecular weight excluding hydrogens is 188 g/mol. The number of allylic oxidation sites excluding steroid dienone is 2. The summed E-state index contributed by atoms with van der Waals surface area (Å²) in [4.78, 5) is 11.6. The molecule has 3 nitrogen and oxygen atoms in total. The molecule has 2 atom stereocenters. The molecular formula is C12H20N2O. The predicted molar refractivity (Wildman–Crippen MR) is 62.5 cm³/mol. The van der Waals surface area contributed by atoms with Crippen LogP contribution in [0.25, 0.3) is 0 Å². The van der Waals surface area contributed by atoms with Gasteiger partial charge < -0.3 is 10.6 Å². The third-order valence-corrected chi connectivity index (χ3v) is 2.84. The van der Waals surface area contributed by atoms with E-state index >= 15 is 0 Å². The highest BCUT2D eigenvalue weighted by Gasteiger charge is 2.29. The Morgan fingerprint density at radius 3 is 2.80 bits per heavy atom. The number of nitrogens with one attached hydrogen (secondary N) is 2. The summed E-state index contributed by atoms with van der Waals surface area (Å²) in [5, 5.41) is 6.06. The molecule has 0 saturated carbocycles. The molecule has 0 bridgehead atoms. The second kappa shape index (κ2) is 5.12. The average Bonchev–Trinajstić information content (AvgIpc) is 2.20. The van der Waals surface area contributed by atoms with Gasteiger partial charge in [0.1, 0.15) is 0 Å². The summed E-state index contributed by atoms with van der Waals surface area (Å²) in [6.07, 6.45) is 8.14. The lowest BCUT2D eigenvalue weighted by molar-refractivity contribution is -0.121. The van der Waals surface area contributed by atoms with Crippen LogP contribution in [0.1, 0.15) is 20.8 Å². The average molecular weight is 208 g/mol. The van der Waals surface area contributed by atoms with E-state index in [-0.39, 0.29) is 11.4 Å². The summed E-state index contributed by atoms with van der Waals surface area (Å²) in [5.74, 6) is 0.374. The molecule has 0 saturated heterocycles. The number of rotatable bonds is 4. The Kier molecular flexibility index (Phi) is 4.09. The maximum Gasteiger partial charge on any atom is 0.234 e. The topological polar surface area (TPSA) is 41.1 Å². The van der Waals surface area contributed by atoms with E-state index in [2.05, 4.69) is 23.6 Å². The van der Waals surface area contributed by atoms with Crippen LogP contribution in [0.4, 0.5) is 0 Å². The highest BCUT2D eigenvalue weighted by Crippen LogP contribution is 2.23. The third-order valence-electron chi connectivity index (χ3n) is 2.84. The predicted octanol–water partition coefficient (Wildman–Crippen LogP) is 1.23. The van der Waals surface area contributed by atoms with Gasteiger partial charge in [0.15, 0.2) is 0 Å². The van der Waals surface area contributed by atoms with Crippen LogP contribution in [0, 0.1) is 5.92 Å². The molecule has 15 heavy (non-hydrogen) atoms. The van der Waals surface area contributed by atoms with Crippen molar-refractivity contribution in [1.82, 2.24) is 10.6 Å². The van der Waals surface area contributed by atoms with E-state index in [1.54, 1.807) is 0 Å². The van der Waals surface area contributed by atoms with Crippen molar-refractivity contribution in [3.05, 3.63) is 24.3 Å². The SMILES string of the molecule is CCNCC(=O)NC1(C)C=CC=CC1C. The van der Waals surface area contributed by atoms with E-state index in [0.717, 1.165) is 6.54 Å². The molecule has 0 spiro atoms. The Morgan fingerprint density at radius 2 is 2.20 bits per heavy atom. The van der Waals surface area contributed by atoms with Gasteiger partial charge in [0.05, 0.1) is 12.1 Å². The van der Waals surface area contributed by atoms with Gasteiger partial charge in [-0.25, -0.2) is 0 Å². The number of amides is 1. The van der Waals surface area contributed by atoms with Crippen molar-refractivity contribution in [2.75, 3.05) is 13.1 Å². The van der Waals surface area contributed by atoms with Crippen LogP contribution in [0.15, 0.2) is 24.3 Å². The van der Waals surface area contributed by atoms with Gasteiger partial charge in [-0.05, 0) is 13.5 Å². The molecule has 1 rings (SSSR count). The quantitative estimate of drug-likeness (QED) is 0.729. The van der Waals surface area contributed by atoms with Crippen molar-refractivity contribution in [3.63, 3.8) is 0 Å². The van der Waals surface area contributed by atoms with Gasteiger partial charge in [0, 0.05) is 5.92 Å². The zero-order valence-electron chi connectivity index (χ0n) is 9.71. The van der Waals surface area contributed by atoms with Crippen molar-refractivity contribution < 1.29 is 4.79 Å². The van der Waals surface area contributed by atoms with E-state index in [1.807, 2.05) is 32.1 Å². The van der Waals surface area contributed by atoms with E-state index < -0.39 is 0 Å². The number of hydrogen-bond donors (Lipinski definition) is 2. The first-order valence-corrected chi connectivity index (χ1v) is 5.46. The second-order valence-corrected chi connectivity index (χ2v) is 4.14. The van der Waals surface area contributed by atoms with Crippen LogP contribution in [-0.2, 0) is 4.79 Å². The monoisotopic (exact) mass is 208 g/mol. The molecule has 0 aliphatic heterocycles. The van der Waals surface area contributed by atoms with Crippen LogP contribution in [0.2, 0.25) is 0 Å². The summed E-state index contributed by atoms with van der Waals surface area (Å²) in [5.41, 5.74) is -0.249. The zero-order chi connectivity index (χ0) is 11.3. The molecule has 0 aromatic heterocycles. The fourth-order valence-corrected chi connectivity index (χ4v) is 1.58. The molecule has 3 heteroatoms. The molecule has 0 fully saturated rings. The highest BCUT2D eigenvalue weighted by atomic mass is 16.2. The minimum Gasteiger partial charge on any atom is -0.346 e. The number of likely N-dealkylation sites (N-methyl/N-ethyl adjacent to an activating group) is 1. The van der Waals surface area contributed by atoms with Crippen LogP contribution >= 0.6 is 0 Å². The number of carbonyl (C=O) groups excluding carboxylic acids is 1. The molecule has 84 valence electrons. The molecule has 0 aromatic rings. The maximum absolute atomic E-state index is 11.6. The van der Waals surface area contributed by atoms with Crippen molar-refractivity contribution in [2.24, 2.45) is 5.92 Å². The van der Waals surface area contributed by atoms with Crippen LogP contribution in [-0.4, -0.2) is 24.5 Å². The Hall–Kier alpha value is -1.09. The van der Waals surface area contributed by atoms with Crippen molar-refractivity contribution >= 4 is 5.91 Å². The van der Waals surface area contributed by atoms with Crippen LogP contribution in [0.5, 0.6) is 0 Å². The van der Waals surface area contributed by atoms with Gasteiger partial charge in [-0.1, -0.05) is 38.2 Å². The lowest BCUT2D eigenvalue weighted by Crippen LogP contribution is -2.51. The maximum atomic E-state index is 11.6. The summed E-state index contributed by atoms with van der Waals surface area (Å²) in [6.45, 7) is 7.34. The first-order chi connectivity index (χ1) is 7.08. The smallest absolute Gasteiger partial charge is 0.234 e. The van der Waals surface area contributed by atoms with Gasteiger partial charge in [-0.15, -0.1) is 0 Å². The lowest BCUT2D eigenvalue weighted by atomic mass is 9.83. The first kappa shape index (κ1) is 12.0. The minimum absolute atomic E-state index is 0.0474. The second-order valence-electron chi connectivity index (χ2n) is 4.14. The fraction of sp³-hybridized carbons (Fsp3) is 0.583. The zero-order valence-corrected chi connectivity index (χ0v) is 9.71. The van der Waals surface area contributed by atoms with Gasteiger partial charge in [0.2, 0.25) is 5.91 Å². The van der Waals surface area contributed by atoms with Gasteiger partial charge in [-0.2, -0.15) is 0 Å². The molecule has 1 amide bonds. The molecule has 0 aromatic carbocycles. The molecule has 2 N–H and O–H groups in total. The van der Waals surface area contributed by atoms with E-state index in [1.165, 1.54) is 0 Å². The Bertz CT molecular complexity index is 283. The van der Waals surface area contributed by atoms with Crippen LogP contribution < -0.4 is 10.6 Å². The largest absolute Gasteiger partial charge is 0.346 e. The van der Waals surface area contributed by atoms with Crippen molar-refractivity contribution in [3.8, 4) is 0 Å². The van der Waals surface area contributed by atoms with Gasteiger partial charge in [0.25, 0.3) is 0 Å². The molecule has 0 heterocycles. The summed E-state index contributed by atoms with van der Waals surface area (Å²) in [6, 6.07) is 0. The lowest BCUT2D eigenvalue weighted by Gasteiger charge is -2.34.